The fourth-order valence-corrected chi connectivity index (χ4v) is 6.99. The minimum Gasteiger partial charge on any atom is -0.481 e. The number of hydrogen-bond acceptors (Lipinski definition) is 15. The minimum absolute atomic E-state index is 0.0458. The number of aromatic nitrogens is 2. The largest absolute Gasteiger partial charge is 0.481 e. The number of imidazole rings is 1. The average molecular weight is 942 g/mol. The summed E-state index contributed by atoms with van der Waals surface area (Å²) in [6.07, 6.45) is 2.53. The Bertz CT molecular complexity index is 1840. The van der Waals surface area contributed by atoms with E-state index in [1.54, 1.807) is 6.26 Å². The zero-order valence-corrected chi connectivity index (χ0v) is 36.6. The number of amides is 7. The van der Waals surface area contributed by atoms with Gasteiger partial charge in [0.2, 0.25) is 41.4 Å². The molecule has 1 saturated heterocycles. The van der Waals surface area contributed by atoms with E-state index in [1.807, 2.05) is 0 Å². The van der Waals surface area contributed by atoms with E-state index in [9.17, 15) is 68.1 Å². The number of nitrogens with zero attached hydrogens (tertiary/aromatic N) is 2. The lowest BCUT2D eigenvalue weighted by Crippen LogP contribution is -2.58. The monoisotopic (exact) mass is 941 g/mol. The van der Waals surface area contributed by atoms with Gasteiger partial charge in [0.1, 0.15) is 36.3 Å². The number of aromatic amines is 1. The van der Waals surface area contributed by atoms with E-state index in [2.05, 4.69) is 41.9 Å². The molecule has 0 bridgehead atoms. The smallest absolute Gasteiger partial charge is 0.326 e. The zero-order valence-electron chi connectivity index (χ0n) is 35.7. The van der Waals surface area contributed by atoms with Crippen LogP contribution in [0.5, 0.6) is 0 Å². The molecule has 2 heterocycles. The van der Waals surface area contributed by atoms with Crippen molar-refractivity contribution in [3.63, 3.8) is 0 Å². The SMILES string of the molecule is CSCCC(NC(=O)C(Cc1cnc[nH]1)NC(=O)C1CCCN1C(=O)CNC(=O)C(CCCCN)NC(=O)C(CCC(=O)O)NC(=O)C(CCC(=O)O)NC(=O)C(N)CC(=O)O)C(=O)O. The highest BCUT2D eigenvalue weighted by Gasteiger charge is 2.37. The lowest BCUT2D eigenvalue weighted by atomic mass is 10.0. The van der Waals surface area contributed by atoms with Crippen LogP contribution >= 0.6 is 11.8 Å². The average Bonchev–Trinajstić information content (AvgIpc) is 3.96. The molecule has 0 aromatic carbocycles. The van der Waals surface area contributed by atoms with E-state index in [1.165, 1.54) is 29.2 Å². The van der Waals surface area contributed by atoms with Crippen molar-refractivity contribution in [2.24, 2.45) is 11.5 Å². The molecule has 1 aliphatic heterocycles. The number of carboxylic acids is 4. The van der Waals surface area contributed by atoms with Gasteiger partial charge in [0.15, 0.2) is 0 Å². The number of likely N-dealkylation sites (tertiary alicyclic amines) is 1. The normalized spacial score (nSPS) is 16.0. The number of aliphatic carboxylic acids is 4. The van der Waals surface area contributed by atoms with E-state index in [-0.39, 0.29) is 45.2 Å². The van der Waals surface area contributed by atoms with Crippen molar-refractivity contribution in [1.82, 2.24) is 46.8 Å². The third-order valence-electron chi connectivity index (χ3n) is 10.00. The van der Waals surface area contributed by atoms with Crippen molar-refractivity contribution in [3.8, 4) is 0 Å². The first-order chi connectivity index (χ1) is 30.8. The number of carboxylic acid groups (broad SMARTS) is 4. The highest BCUT2D eigenvalue weighted by molar-refractivity contribution is 7.98. The van der Waals surface area contributed by atoms with E-state index in [0.29, 0.717) is 24.3 Å². The lowest BCUT2D eigenvalue weighted by Gasteiger charge is -2.27. The van der Waals surface area contributed by atoms with Crippen LogP contribution in [0.15, 0.2) is 12.5 Å². The quantitative estimate of drug-likeness (QED) is 0.0315. The second kappa shape index (κ2) is 28.4. The predicted octanol–water partition coefficient (Wildman–Crippen LogP) is -4.02. The van der Waals surface area contributed by atoms with Gasteiger partial charge in [-0.05, 0) is 69.9 Å². The molecule has 7 unspecified atom stereocenters. The highest BCUT2D eigenvalue weighted by Crippen LogP contribution is 2.18. The van der Waals surface area contributed by atoms with E-state index >= 15 is 0 Å². The highest BCUT2D eigenvalue weighted by atomic mass is 32.2. The number of thioether (sulfide) groups is 1. The first-order valence-electron chi connectivity index (χ1n) is 20.7. The standard InChI is InChI=1S/C38H59N11O15S/c1-65-14-11-25(38(63)64)47-36(61)26(15-20-17-41-19-43-20)48-37(62)27-6-4-13-49(27)28(50)18-42-33(58)22(5-2-3-12-39)45-35(60)24(8-10-30(53)54)46-34(59)23(7-9-29(51)52)44-32(57)21(40)16-31(55)56/h17,19,21-27H,2-16,18,39-40H2,1H3,(H,41,43)(H,42,58)(H,44,57)(H,45,60)(H,46,59)(H,47,61)(H,48,62)(H,51,52)(H,53,54)(H,55,56)(H,63,64). The molecule has 1 aromatic rings. The maximum atomic E-state index is 13.7. The topological polar surface area (TPSA) is 425 Å². The Hall–Kier alpha value is -6.35. The molecule has 0 saturated carbocycles. The third-order valence-corrected chi connectivity index (χ3v) is 10.6. The van der Waals surface area contributed by atoms with Gasteiger partial charge < -0.3 is 73.7 Å². The van der Waals surface area contributed by atoms with E-state index in [0.717, 1.165) is 0 Å². The Balaban J connectivity index is 2.22. The molecule has 1 aliphatic rings. The molecule has 15 N–H and O–H groups in total. The fourth-order valence-electron chi connectivity index (χ4n) is 6.52. The summed E-state index contributed by atoms with van der Waals surface area (Å²) in [5, 5.41) is 51.5. The zero-order chi connectivity index (χ0) is 48.6. The second-order valence-corrected chi connectivity index (χ2v) is 16.0. The molecule has 1 fully saturated rings. The van der Waals surface area contributed by atoms with Crippen molar-refractivity contribution in [3.05, 3.63) is 18.2 Å². The Morgan fingerprint density at radius 3 is 1.85 bits per heavy atom. The summed E-state index contributed by atoms with van der Waals surface area (Å²) in [5.74, 6) is -11.4. The van der Waals surface area contributed by atoms with Gasteiger partial charge in [-0.1, -0.05) is 0 Å². The first-order valence-corrected chi connectivity index (χ1v) is 22.1. The maximum Gasteiger partial charge on any atom is 0.326 e. The van der Waals surface area contributed by atoms with Gasteiger partial charge in [-0.3, -0.25) is 47.9 Å². The molecule has 362 valence electrons. The van der Waals surface area contributed by atoms with Crippen LogP contribution in [-0.4, -0.2) is 174 Å². The number of carbonyl (C=O) groups excluding carboxylic acids is 7. The molecule has 27 heteroatoms. The van der Waals surface area contributed by atoms with Crippen LogP contribution < -0.4 is 43.4 Å². The molecule has 1 aromatic heterocycles. The van der Waals surface area contributed by atoms with Gasteiger partial charge in [-0.25, -0.2) is 9.78 Å². The molecular weight excluding hydrogens is 883 g/mol. The van der Waals surface area contributed by atoms with Crippen LogP contribution in [0, 0.1) is 0 Å². The van der Waals surface area contributed by atoms with Gasteiger partial charge in [0.05, 0.1) is 25.3 Å². The minimum atomic E-state index is -1.67. The molecule has 65 heavy (non-hydrogen) atoms. The molecule has 7 atom stereocenters. The molecule has 0 radical (unpaired) electrons. The van der Waals surface area contributed by atoms with Gasteiger partial charge in [0, 0.05) is 37.7 Å². The third kappa shape index (κ3) is 19.9. The summed E-state index contributed by atoms with van der Waals surface area (Å²) in [6.45, 7) is -0.354. The Morgan fingerprint density at radius 2 is 1.32 bits per heavy atom. The maximum absolute atomic E-state index is 13.7. The summed E-state index contributed by atoms with van der Waals surface area (Å²) in [7, 11) is 0. The van der Waals surface area contributed by atoms with Gasteiger partial charge in [0.25, 0.3) is 0 Å². The van der Waals surface area contributed by atoms with Crippen molar-refractivity contribution in [2.45, 2.75) is 119 Å². The number of carbonyl (C=O) groups is 11. The van der Waals surface area contributed by atoms with Crippen LogP contribution in [0.2, 0.25) is 0 Å². The molecule has 0 spiro atoms. The van der Waals surface area contributed by atoms with Crippen molar-refractivity contribution in [2.75, 3.05) is 31.6 Å². The van der Waals surface area contributed by atoms with Crippen LogP contribution in [0.3, 0.4) is 0 Å². The van der Waals surface area contributed by atoms with Crippen LogP contribution in [0.25, 0.3) is 0 Å². The molecule has 7 amide bonds. The van der Waals surface area contributed by atoms with Gasteiger partial charge in [-0.2, -0.15) is 11.8 Å². The Morgan fingerprint density at radius 1 is 0.754 bits per heavy atom. The summed E-state index contributed by atoms with van der Waals surface area (Å²) in [6, 6.07) is -9.94. The second-order valence-electron chi connectivity index (χ2n) is 15.0. The summed E-state index contributed by atoms with van der Waals surface area (Å²) >= 11 is 1.39. The lowest BCUT2D eigenvalue weighted by molar-refractivity contribution is -0.143. The van der Waals surface area contributed by atoms with Crippen LogP contribution in [0.4, 0.5) is 0 Å². The predicted molar refractivity (Wildman–Crippen MR) is 227 cm³/mol. The van der Waals surface area contributed by atoms with E-state index < -0.39 is 146 Å². The number of nitrogens with two attached hydrogens (primary N) is 2. The van der Waals surface area contributed by atoms with Crippen LogP contribution in [0.1, 0.15) is 76.3 Å². The summed E-state index contributed by atoms with van der Waals surface area (Å²) in [4.78, 5) is 147. The molecule has 2 rings (SSSR count). The molecule has 0 aliphatic carbocycles. The van der Waals surface area contributed by atoms with Crippen molar-refractivity contribution < 1.29 is 73.2 Å². The number of rotatable bonds is 31. The van der Waals surface area contributed by atoms with Crippen LogP contribution in [-0.2, 0) is 59.2 Å². The molecule has 26 nitrogen and oxygen atoms in total. The summed E-state index contributed by atoms with van der Waals surface area (Å²) < 4.78 is 0. The number of H-pyrrole nitrogens is 1. The number of unbranched alkanes of at least 4 members (excludes halogenated alkanes) is 1. The Kier molecular flexibility index (Phi) is 24.0. The van der Waals surface area contributed by atoms with Gasteiger partial charge >= 0.3 is 23.9 Å². The van der Waals surface area contributed by atoms with Gasteiger partial charge in [-0.15, -0.1) is 0 Å². The molecular formula is C38H59N11O15S. The van der Waals surface area contributed by atoms with Crippen molar-refractivity contribution >= 4 is 77.0 Å². The van der Waals surface area contributed by atoms with E-state index in [4.69, 9.17) is 16.6 Å². The Labute approximate surface area is 376 Å². The number of nitrogens with one attached hydrogen (secondary N) is 7. The summed E-state index contributed by atoms with van der Waals surface area (Å²) in [5.41, 5.74) is 11.6. The fraction of sp³-hybridized carbons (Fsp3) is 0.632. The number of hydrogen-bond donors (Lipinski definition) is 13. The first kappa shape index (κ1) is 54.8. The van der Waals surface area contributed by atoms with Crippen molar-refractivity contribution in [1.29, 1.82) is 0 Å².